The predicted octanol–water partition coefficient (Wildman–Crippen LogP) is 1.38. The summed E-state index contributed by atoms with van der Waals surface area (Å²) in [6.45, 7) is 1.90. The molecule has 10 heteroatoms. The number of benzene rings is 1. The highest BCUT2D eigenvalue weighted by Crippen LogP contribution is 2.20. The second-order valence-electron chi connectivity index (χ2n) is 5.01. The zero-order chi connectivity index (χ0) is 18.2. The fourth-order valence-electron chi connectivity index (χ4n) is 1.78. The number of hydrazone groups is 1. The van der Waals surface area contributed by atoms with E-state index in [4.69, 9.17) is 0 Å². The third kappa shape index (κ3) is 5.84. The predicted molar refractivity (Wildman–Crippen MR) is 92.7 cm³/mol. The Bertz CT molecular complexity index is 790. The van der Waals surface area contributed by atoms with Crippen molar-refractivity contribution in [2.75, 3.05) is 5.32 Å². The molecule has 0 fully saturated rings. The molecule has 0 atom stereocenters. The summed E-state index contributed by atoms with van der Waals surface area (Å²) in [5, 5.41) is 33.5. The normalized spacial score (nSPS) is 10.8. The zero-order valence-electron chi connectivity index (χ0n) is 13.4. The molecule has 0 spiro atoms. The van der Waals surface area contributed by atoms with Crippen LogP contribution >= 0.6 is 11.3 Å². The maximum atomic E-state index is 11.8. The van der Waals surface area contributed by atoms with Crippen LogP contribution in [0.25, 0.3) is 0 Å². The molecule has 0 saturated carbocycles. The molecule has 0 radical (unpaired) electrons. The third-order valence-corrected chi connectivity index (χ3v) is 3.75. The highest BCUT2D eigenvalue weighted by Gasteiger charge is 2.10. The minimum atomic E-state index is -0.419. The average molecular weight is 363 g/mol. The first kappa shape index (κ1) is 18.3. The van der Waals surface area contributed by atoms with Gasteiger partial charge in [-0.25, -0.2) is 5.43 Å². The van der Waals surface area contributed by atoms with Crippen LogP contribution in [-0.2, 0) is 16.0 Å². The number of carbonyl (C=O) groups is 2. The number of phenols is 2. The fourth-order valence-corrected chi connectivity index (χ4v) is 2.53. The fraction of sp³-hybridized carbons (Fsp3) is 0.267. The van der Waals surface area contributed by atoms with Crippen molar-refractivity contribution in [3.63, 3.8) is 0 Å². The summed E-state index contributed by atoms with van der Waals surface area (Å²) < 4.78 is 0. The van der Waals surface area contributed by atoms with Gasteiger partial charge in [0.15, 0.2) is 0 Å². The van der Waals surface area contributed by atoms with Crippen LogP contribution in [-0.4, -0.2) is 38.4 Å². The van der Waals surface area contributed by atoms with E-state index in [1.54, 1.807) is 0 Å². The molecule has 0 aliphatic rings. The molecule has 1 aromatic carbocycles. The molecule has 25 heavy (non-hydrogen) atoms. The Balaban J connectivity index is 1.85. The Labute approximate surface area is 147 Å². The first-order valence-electron chi connectivity index (χ1n) is 7.44. The van der Waals surface area contributed by atoms with Gasteiger partial charge in [-0.15, -0.1) is 10.2 Å². The summed E-state index contributed by atoms with van der Waals surface area (Å²) in [5.74, 6) is -0.795. The van der Waals surface area contributed by atoms with E-state index in [0.717, 1.165) is 17.8 Å². The average Bonchev–Trinajstić information content (AvgIpc) is 2.96. The monoisotopic (exact) mass is 363 g/mol. The lowest BCUT2D eigenvalue weighted by molar-refractivity contribution is -0.120. The van der Waals surface area contributed by atoms with E-state index in [-0.39, 0.29) is 23.8 Å². The van der Waals surface area contributed by atoms with Crippen molar-refractivity contribution in [2.45, 2.75) is 26.2 Å². The molecule has 2 rings (SSSR count). The number of hydrogen-bond acceptors (Lipinski definition) is 8. The molecule has 4 N–H and O–H groups in total. The second kappa shape index (κ2) is 8.73. The van der Waals surface area contributed by atoms with Gasteiger partial charge in [-0.1, -0.05) is 18.3 Å². The topological polar surface area (TPSA) is 137 Å². The van der Waals surface area contributed by atoms with Crippen LogP contribution in [0.4, 0.5) is 5.13 Å². The van der Waals surface area contributed by atoms with Gasteiger partial charge < -0.3 is 15.5 Å². The molecular formula is C15H17N5O4S. The van der Waals surface area contributed by atoms with Gasteiger partial charge in [-0.2, -0.15) is 5.10 Å². The summed E-state index contributed by atoms with van der Waals surface area (Å²) in [6, 6.07) is 4.01. The van der Waals surface area contributed by atoms with Gasteiger partial charge in [0.05, 0.1) is 12.6 Å². The standard InChI is InChI=1S/C15H17N5O4S/c1-2-3-12(23)17-15-20-19-14(25-15)7-13(24)18-16-8-9-4-5-10(21)6-11(9)22/h4-6,8,21-22H,2-3,7H2,1H3,(H,18,24)(H,17,20,23). The van der Waals surface area contributed by atoms with E-state index in [0.29, 0.717) is 22.1 Å². The van der Waals surface area contributed by atoms with E-state index in [1.807, 2.05) is 6.92 Å². The molecule has 1 aromatic heterocycles. The SMILES string of the molecule is CCCC(=O)Nc1nnc(CC(=O)NN=Cc2ccc(O)cc2O)s1. The molecule has 0 saturated heterocycles. The van der Waals surface area contributed by atoms with Gasteiger partial charge in [0.1, 0.15) is 16.5 Å². The van der Waals surface area contributed by atoms with Crippen molar-refractivity contribution in [2.24, 2.45) is 5.10 Å². The quantitative estimate of drug-likeness (QED) is 0.433. The largest absolute Gasteiger partial charge is 0.508 e. The Morgan fingerprint density at radius 1 is 1.28 bits per heavy atom. The van der Waals surface area contributed by atoms with Gasteiger partial charge in [-0.05, 0) is 18.6 Å². The minimum absolute atomic E-state index is 0.0415. The summed E-state index contributed by atoms with van der Waals surface area (Å²) in [4.78, 5) is 23.3. The van der Waals surface area contributed by atoms with Crippen LogP contribution in [0, 0.1) is 0 Å². The molecule has 0 aliphatic heterocycles. The molecule has 2 aromatic rings. The van der Waals surface area contributed by atoms with Gasteiger partial charge in [-0.3, -0.25) is 9.59 Å². The van der Waals surface area contributed by atoms with Crippen LogP contribution < -0.4 is 10.7 Å². The highest BCUT2D eigenvalue weighted by molar-refractivity contribution is 7.15. The van der Waals surface area contributed by atoms with Crippen molar-refractivity contribution in [1.82, 2.24) is 15.6 Å². The number of anilines is 1. The number of nitrogens with zero attached hydrogens (tertiary/aromatic N) is 3. The van der Waals surface area contributed by atoms with Crippen molar-refractivity contribution < 1.29 is 19.8 Å². The second-order valence-corrected chi connectivity index (χ2v) is 6.07. The lowest BCUT2D eigenvalue weighted by atomic mass is 10.2. The number of phenolic OH excluding ortho intramolecular Hbond substituents is 2. The Morgan fingerprint density at radius 3 is 2.80 bits per heavy atom. The molecule has 2 amide bonds. The van der Waals surface area contributed by atoms with E-state index >= 15 is 0 Å². The van der Waals surface area contributed by atoms with Gasteiger partial charge in [0, 0.05) is 18.1 Å². The number of nitrogens with one attached hydrogen (secondary N) is 2. The van der Waals surface area contributed by atoms with Gasteiger partial charge in [0.25, 0.3) is 0 Å². The van der Waals surface area contributed by atoms with Crippen molar-refractivity contribution in [3.8, 4) is 11.5 Å². The molecule has 0 aliphatic carbocycles. The Morgan fingerprint density at radius 2 is 2.08 bits per heavy atom. The number of hydrogen-bond donors (Lipinski definition) is 4. The Hall–Kier alpha value is -3.01. The minimum Gasteiger partial charge on any atom is -0.508 e. The summed E-state index contributed by atoms with van der Waals surface area (Å²) in [7, 11) is 0. The first-order chi connectivity index (χ1) is 12.0. The lowest BCUT2D eigenvalue weighted by Gasteiger charge is -2.00. The maximum absolute atomic E-state index is 11.8. The molecule has 0 unspecified atom stereocenters. The van der Waals surface area contributed by atoms with Crippen LogP contribution in [0.1, 0.15) is 30.3 Å². The number of carbonyl (C=O) groups excluding carboxylic acids is 2. The zero-order valence-corrected chi connectivity index (χ0v) is 14.2. The van der Waals surface area contributed by atoms with E-state index in [9.17, 15) is 19.8 Å². The molecular weight excluding hydrogens is 346 g/mol. The van der Waals surface area contributed by atoms with Crippen molar-refractivity contribution in [3.05, 3.63) is 28.8 Å². The molecule has 1 heterocycles. The molecule has 132 valence electrons. The van der Waals surface area contributed by atoms with Gasteiger partial charge >= 0.3 is 0 Å². The summed E-state index contributed by atoms with van der Waals surface area (Å²) in [5.41, 5.74) is 2.64. The smallest absolute Gasteiger partial charge is 0.247 e. The number of aromatic nitrogens is 2. The number of amides is 2. The van der Waals surface area contributed by atoms with Gasteiger partial charge in [0.2, 0.25) is 16.9 Å². The van der Waals surface area contributed by atoms with E-state index < -0.39 is 5.91 Å². The Kier molecular flexibility index (Phi) is 6.40. The third-order valence-electron chi connectivity index (χ3n) is 2.91. The first-order valence-corrected chi connectivity index (χ1v) is 8.25. The van der Waals surface area contributed by atoms with E-state index in [2.05, 4.69) is 26.0 Å². The number of aromatic hydroxyl groups is 2. The van der Waals surface area contributed by atoms with Crippen molar-refractivity contribution in [1.29, 1.82) is 0 Å². The van der Waals surface area contributed by atoms with Crippen LogP contribution in [0.3, 0.4) is 0 Å². The van der Waals surface area contributed by atoms with Crippen LogP contribution in [0.5, 0.6) is 11.5 Å². The van der Waals surface area contributed by atoms with Crippen LogP contribution in [0.2, 0.25) is 0 Å². The summed E-state index contributed by atoms with van der Waals surface area (Å²) in [6.07, 6.45) is 2.34. The van der Waals surface area contributed by atoms with Crippen molar-refractivity contribution >= 4 is 34.5 Å². The van der Waals surface area contributed by atoms with Crippen LogP contribution in [0.15, 0.2) is 23.3 Å². The molecule has 0 bridgehead atoms. The van der Waals surface area contributed by atoms with E-state index in [1.165, 1.54) is 24.4 Å². The number of rotatable bonds is 7. The lowest BCUT2D eigenvalue weighted by Crippen LogP contribution is -2.19. The highest BCUT2D eigenvalue weighted by atomic mass is 32.1. The molecule has 9 nitrogen and oxygen atoms in total. The summed E-state index contributed by atoms with van der Waals surface area (Å²) >= 11 is 1.11. The maximum Gasteiger partial charge on any atom is 0.247 e.